The number of benzene rings is 1. The quantitative estimate of drug-likeness (QED) is 0.644. The minimum absolute atomic E-state index is 0.0696. The summed E-state index contributed by atoms with van der Waals surface area (Å²) in [6.45, 7) is 4.93. The second-order valence-electron chi connectivity index (χ2n) is 6.18. The monoisotopic (exact) mass is 384 g/mol. The maximum Gasteiger partial charge on any atom is 0.361 e. The van der Waals surface area contributed by atoms with E-state index in [-0.39, 0.29) is 47.7 Å². The molecule has 1 N–H and O–H groups in total. The lowest BCUT2D eigenvalue weighted by Gasteiger charge is -2.15. The Balaban J connectivity index is 1.88. The van der Waals surface area contributed by atoms with Crippen LogP contribution in [0.5, 0.6) is 0 Å². The minimum Gasteiger partial charge on any atom is -0.461 e. The first-order valence-corrected chi connectivity index (χ1v) is 8.80. The lowest BCUT2D eigenvalue weighted by Crippen LogP contribution is -2.35. The number of nitrogens with one attached hydrogen (secondary N) is 1. The van der Waals surface area contributed by atoms with E-state index in [4.69, 9.17) is 9.26 Å². The van der Waals surface area contributed by atoms with E-state index in [2.05, 4.69) is 15.5 Å². The van der Waals surface area contributed by atoms with Gasteiger partial charge < -0.3 is 14.6 Å². The first-order chi connectivity index (χ1) is 13.4. The van der Waals surface area contributed by atoms with Crippen molar-refractivity contribution in [3.63, 3.8) is 0 Å². The predicted octanol–water partition coefficient (Wildman–Crippen LogP) is 1.75. The molecule has 2 aromatic heterocycles. The number of aryl methyl sites for hydroxylation is 1. The van der Waals surface area contributed by atoms with Gasteiger partial charge in [-0.3, -0.25) is 14.2 Å². The van der Waals surface area contributed by atoms with Crippen LogP contribution in [-0.4, -0.2) is 33.2 Å². The fraction of sp³-hybridized carbons (Fsp3) is 0.316. The highest BCUT2D eigenvalue weighted by molar-refractivity contribution is 5.99. The molecule has 1 aromatic carbocycles. The number of rotatable bonds is 6. The maximum absolute atomic E-state index is 12.9. The van der Waals surface area contributed by atoms with Crippen molar-refractivity contribution in [2.24, 2.45) is 0 Å². The van der Waals surface area contributed by atoms with E-state index >= 15 is 0 Å². The van der Waals surface area contributed by atoms with Crippen LogP contribution < -0.4 is 10.9 Å². The molecule has 3 rings (SSSR count). The topological polar surface area (TPSA) is 116 Å². The summed E-state index contributed by atoms with van der Waals surface area (Å²) in [4.78, 5) is 41.5. The number of hydrogen-bond donors (Lipinski definition) is 1. The Kier molecular flexibility index (Phi) is 5.53. The van der Waals surface area contributed by atoms with Crippen LogP contribution in [0.3, 0.4) is 0 Å². The SMILES string of the molecule is CCOC(=O)c1noc2nc(C)n(CC(=O)NC(C)c3ccccc3)c(=O)c12. The van der Waals surface area contributed by atoms with E-state index in [1.165, 1.54) is 4.57 Å². The molecule has 0 saturated heterocycles. The summed E-state index contributed by atoms with van der Waals surface area (Å²) < 4.78 is 11.0. The van der Waals surface area contributed by atoms with Crippen molar-refractivity contribution in [2.45, 2.75) is 33.4 Å². The van der Waals surface area contributed by atoms with Crippen molar-refractivity contribution < 1.29 is 18.8 Å². The third kappa shape index (κ3) is 3.78. The van der Waals surface area contributed by atoms with E-state index in [1.807, 2.05) is 37.3 Å². The molecular formula is C19H20N4O5. The van der Waals surface area contributed by atoms with Crippen molar-refractivity contribution in [1.29, 1.82) is 0 Å². The third-order valence-corrected chi connectivity index (χ3v) is 4.23. The smallest absolute Gasteiger partial charge is 0.361 e. The number of amides is 1. The summed E-state index contributed by atoms with van der Waals surface area (Å²) in [5.41, 5.74) is 0.0347. The molecule has 0 aliphatic rings. The molecule has 2 heterocycles. The van der Waals surface area contributed by atoms with E-state index < -0.39 is 11.5 Å². The molecular weight excluding hydrogens is 364 g/mol. The molecule has 1 atom stereocenters. The zero-order chi connectivity index (χ0) is 20.3. The summed E-state index contributed by atoms with van der Waals surface area (Å²) in [6, 6.07) is 9.23. The van der Waals surface area contributed by atoms with E-state index in [9.17, 15) is 14.4 Å². The van der Waals surface area contributed by atoms with Crippen LogP contribution in [0.1, 0.15) is 41.8 Å². The number of nitrogens with zero attached hydrogens (tertiary/aromatic N) is 3. The molecule has 3 aromatic rings. The van der Waals surface area contributed by atoms with Crippen LogP contribution >= 0.6 is 0 Å². The maximum atomic E-state index is 12.9. The van der Waals surface area contributed by atoms with Crippen LogP contribution in [-0.2, 0) is 16.1 Å². The molecule has 0 bridgehead atoms. The van der Waals surface area contributed by atoms with Crippen molar-refractivity contribution in [1.82, 2.24) is 20.0 Å². The summed E-state index contributed by atoms with van der Waals surface area (Å²) >= 11 is 0. The van der Waals surface area contributed by atoms with Gasteiger partial charge in [-0.05, 0) is 26.3 Å². The molecule has 0 aliphatic heterocycles. The van der Waals surface area contributed by atoms with Gasteiger partial charge in [0.1, 0.15) is 17.8 Å². The first kappa shape index (κ1) is 19.3. The first-order valence-electron chi connectivity index (χ1n) is 8.80. The van der Waals surface area contributed by atoms with Gasteiger partial charge in [0.15, 0.2) is 0 Å². The predicted molar refractivity (Wildman–Crippen MR) is 99.8 cm³/mol. The van der Waals surface area contributed by atoms with Crippen molar-refractivity contribution in [3.8, 4) is 0 Å². The van der Waals surface area contributed by atoms with Gasteiger partial charge in [0.2, 0.25) is 11.6 Å². The zero-order valence-corrected chi connectivity index (χ0v) is 15.8. The van der Waals surface area contributed by atoms with Gasteiger partial charge in [-0.2, -0.15) is 4.98 Å². The largest absolute Gasteiger partial charge is 0.461 e. The Morgan fingerprint density at radius 2 is 2.00 bits per heavy atom. The third-order valence-electron chi connectivity index (χ3n) is 4.23. The van der Waals surface area contributed by atoms with Crippen LogP contribution in [0, 0.1) is 6.92 Å². The van der Waals surface area contributed by atoms with Gasteiger partial charge in [-0.15, -0.1) is 0 Å². The number of carbonyl (C=O) groups excluding carboxylic acids is 2. The lowest BCUT2D eigenvalue weighted by molar-refractivity contribution is -0.122. The van der Waals surface area contributed by atoms with Gasteiger partial charge in [-0.1, -0.05) is 35.5 Å². The highest BCUT2D eigenvalue weighted by Gasteiger charge is 2.24. The fourth-order valence-electron chi connectivity index (χ4n) is 2.82. The average Bonchev–Trinajstić information content (AvgIpc) is 3.10. The molecule has 9 nitrogen and oxygen atoms in total. The highest BCUT2D eigenvalue weighted by Crippen LogP contribution is 2.15. The lowest BCUT2D eigenvalue weighted by atomic mass is 10.1. The van der Waals surface area contributed by atoms with Crippen LogP contribution in [0.4, 0.5) is 0 Å². The number of hydrogen-bond acceptors (Lipinski definition) is 7. The summed E-state index contributed by atoms with van der Waals surface area (Å²) in [7, 11) is 0. The van der Waals surface area contributed by atoms with Gasteiger partial charge in [0.05, 0.1) is 12.6 Å². The average molecular weight is 384 g/mol. The van der Waals surface area contributed by atoms with Gasteiger partial charge in [0, 0.05) is 0 Å². The summed E-state index contributed by atoms with van der Waals surface area (Å²) in [5.74, 6) is -0.874. The number of carbonyl (C=O) groups is 2. The molecule has 146 valence electrons. The Morgan fingerprint density at radius 1 is 1.29 bits per heavy atom. The fourth-order valence-corrected chi connectivity index (χ4v) is 2.82. The molecule has 9 heteroatoms. The number of ether oxygens (including phenoxy) is 1. The second-order valence-corrected chi connectivity index (χ2v) is 6.18. The second kappa shape index (κ2) is 8.03. The Morgan fingerprint density at radius 3 is 2.68 bits per heavy atom. The van der Waals surface area contributed by atoms with Gasteiger partial charge in [0.25, 0.3) is 11.3 Å². The minimum atomic E-state index is -0.780. The van der Waals surface area contributed by atoms with Crippen molar-refractivity contribution in [3.05, 3.63) is 57.8 Å². The molecule has 1 amide bonds. The van der Waals surface area contributed by atoms with Crippen molar-refractivity contribution >= 4 is 23.0 Å². The molecule has 0 aliphatic carbocycles. The van der Waals surface area contributed by atoms with E-state index in [0.29, 0.717) is 0 Å². The Bertz CT molecular complexity index is 1070. The molecule has 0 radical (unpaired) electrons. The molecule has 28 heavy (non-hydrogen) atoms. The summed E-state index contributed by atoms with van der Waals surface area (Å²) in [6.07, 6.45) is 0. The van der Waals surface area contributed by atoms with Gasteiger partial charge >= 0.3 is 5.97 Å². The standard InChI is InChI=1S/C19H20N4O5/c1-4-27-19(26)16-15-17(28-22-16)21-12(3)23(18(15)25)10-14(24)20-11(2)13-8-6-5-7-9-13/h5-9,11H,4,10H2,1-3H3,(H,20,24). The normalized spacial score (nSPS) is 12.0. The van der Waals surface area contributed by atoms with Gasteiger partial charge in [-0.25, -0.2) is 4.79 Å². The number of fused-ring (bicyclic) bond motifs is 1. The number of esters is 1. The Labute approximate surface area is 160 Å². The molecule has 0 fully saturated rings. The van der Waals surface area contributed by atoms with Crippen molar-refractivity contribution in [2.75, 3.05) is 6.61 Å². The highest BCUT2D eigenvalue weighted by atomic mass is 16.5. The van der Waals surface area contributed by atoms with E-state index in [0.717, 1.165) is 5.56 Å². The number of aromatic nitrogens is 3. The molecule has 1 unspecified atom stereocenters. The Hall–Kier alpha value is -3.49. The van der Waals surface area contributed by atoms with Crippen LogP contribution in [0.25, 0.3) is 11.1 Å². The summed E-state index contributed by atoms with van der Waals surface area (Å²) in [5, 5.41) is 6.34. The zero-order valence-electron chi connectivity index (χ0n) is 15.8. The van der Waals surface area contributed by atoms with Crippen LogP contribution in [0.15, 0.2) is 39.6 Å². The van der Waals surface area contributed by atoms with E-state index in [1.54, 1.807) is 13.8 Å². The molecule has 0 spiro atoms. The molecule has 0 saturated carbocycles. The van der Waals surface area contributed by atoms with Crippen LogP contribution in [0.2, 0.25) is 0 Å².